The lowest BCUT2D eigenvalue weighted by Crippen LogP contribution is -2.39. The number of sulfonamides is 1. The van der Waals surface area contributed by atoms with Crippen LogP contribution in [-0.2, 0) is 14.8 Å². The predicted molar refractivity (Wildman–Crippen MR) is 67.7 cm³/mol. The topological polar surface area (TPSA) is 74.7 Å². The summed E-state index contributed by atoms with van der Waals surface area (Å²) in [5.74, 6) is -1.73. The van der Waals surface area contributed by atoms with Crippen LogP contribution in [0.15, 0.2) is 29.2 Å². The highest BCUT2D eigenvalue weighted by Gasteiger charge is 2.29. The maximum absolute atomic E-state index is 13.1. The van der Waals surface area contributed by atoms with Gasteiger partial charge in [0.25, 0.3) is 0 Å². The van der Waals surface area contributed by atoms with E-state index in [0.717, 1.165) is 16.4 Å². The van der Waals surface area contributed by atoms with E-state index in [1.807, 2.05) is 0 Å². The zero-order chi connectivity index (χ0) is 14.6. The molecule has 5 nitrogen and oxygen atoms in total. The minimum atomic E-state index is -3.89. The summed E-state index contributed by atoms with van der Waals surface area (Å²) in [6.07, 6.45) is -0.303. The highest BCUT2D eigenvalue weighted by atomic mass is 32.2. The third-order valence-electron chi connectivity index (χ3n) is 2.68. The van der Waals surface area contributed by atoms with Crippen LogP contribution in [0.2, 0.25) is 0 Å². The van der Waals surface area contributed by atoms with Crippen LogP contribution in [0.4, 0.5) is 4.39 Å². The first-order valence-corrected chi connectivity index (χ1v) is 7.22. The third-order valence-corrected chi connectivity index (χ3v) is 4.76. The molecular weight excluding hydrogens is 273 g/mol. The molecule has 0 saturated carbocycles. The smallest absolute Gasteiger partial charge is 0.304 e. The number of hydrogen-bond acceptors (Lipinski definition) is 3. The number of nitrogens with zero attached hydrogens (tertiary/aromatic N) is 1. The summed E-state index contributed by atoms with van der Waals surface area (Å²) in [4.78, 5) is 10.5. The average molecular weight is 289 g/mol. The largest absolute Gasteiger partial charge is 0.481 e. The van der Waals surface area contributed by atoms with Crippen LogP contribution in [0.5, 0.6) is 0 Å². The van der Waals surface area contributed by atoms with E-state index in [4.69, 9.17) is 5.11 Å². The monoisotopic (exact) mass is 289 g/mol. The van der Waals surface area contributed by atoms with Gasteiger partial charge in [-0.25, -0.2) is 12.8 Å². The fourth-order valence-corrected chi connectivity index (χ4v) is 3.51. The number of carbonyl (C=O) groups is 1. The molecule has 0 spiro atoms. The van der Waals surface area contributed by atoms with Gasteiger partial charge in [-0.15, -0.1) is 0 Å². The van der Waals surface area contributed by atoms with E-state index >= 15 is 0 Å². The van der Waals surface area contributed by atoms with Gasteiger partial charge < -0.3 is 5.11 Å². The highest BCUT2D eigenvalue weighted by Crippen LogP contribution is 2.20. The van der Waals surface area contributed by atoms with Crippen molar-refractivity contribution in [2.45, 2.75) is 31.2 Å². The van der Waals surface area contributed by atoms with E-state index in [1.54, 1.807) is 6.92 Å². The lowest BCUT2D eigenvalue weighted by Gasteiger charge is -2.26. The summed E-state index contributed by atoms with van der Waals surface area (Å²) in [6, 6.07) is 3.96. The van der Waals surface area contributed by atoms with Crippen LogP contribution in [-0.4, -0.2) is 36.4 Å². The molecule has 0 aromatic heterocycles. The van der Waals surface area contributed by atoms with E-state index in [1.165, 1.54) is 19.1 Å². The maximum atomic E-state index is 13.1. The first-order valence-electron chi connectivity index (χ1n) is 5.78. The molecule has 0 aliphatic carbocycles. The number of halogens is 1. The SMILES string of the molecule is CCN(C(C)CC(=O)O)S(=O)(=O)c1cccc(F)c1. The van der Waals surface area contributed by atoms with Crippen molar-refractivity contribution in [1.82, 2.24) is 4.31 Å². The normalized spacial score (nSPS) is 13.5. The minimum Gasteiger partial charge on any atom is -0.481 e. The van der Waals surface area contributed by atoms with E-state index in [2.05, 4.69) is 0 Å². The van der Waals surface area contributed by atoms with Gasteiger partial charge in [-0.2, -0.15) is 4.31 Å². The fourth-order valence-electron chi connectivity index (χ4n) is 1.84. The van der Waals surface area contributed by atoms with Gasteiger partial charge in [0.05, 0.1) is 11.3 Å². The fraction of sp³-hybridized carbons (Fsp3) is 0.417. The van der Waals surface area contributed by atoms with Crippen molar-refractivity contribution in [3.05, 3.63) is 30.1 Å². The Balaban J connectivity index is 3.12. The first kappa shape index (κ1) is 15.6. The zero-order valence-electron chi connectivity index (χ0n) is 10.7. The lowest BCUT2D eigenvalue weighted by atomic mass is 10.2. The number of carboxylic acid groups (broad SMARTS) is 1. The summed E-state index contributed by atoms with van der Waals surface area (Å²) >= 11 is 0. The Bertz CT molecular complexity index is 559. The Kier molecular flexibility index (Phi) is 5.02. The van der Waals surface area contributed by atoms with Gasteiger partial charge in [-0.05, 0) is 25.1 Å². The van der Waals surface area contributed by atoms with Gasteiger partial charge in [0.15, 0.2) is 0 Å². The molecule has 0 fully saturated rings. The van der Waals surface area contributed by atoms with Crippen LogP contribution in [0.25, 0.3) is 0 Å². The van der Waals surface area contributed by atoms with Gasteiger partial charge in [0.2, 0.25) is 10.0 Å². The summed E-state index contributed by atoms with van der Waals surface area (Å²) < 4.78 is 38.8. The molecule has 1 aromatic carbocycles. The number of benzene rings is 1. The lowest BCUT2D eigenvalue weighted by molar-refractivity contribution is -0.137. The quantitative estimate of drug-likeness (QED) is 0.865. The molecule has 0 saturated heterocycles. The second-order valence-electron chi connectivity index (χ2n) is 4.11. The van der Waals surface area contributed by atoms with Crippen LogP contribution >= 0.6 is 0 Å². The molecule has 1 aromatic rings. The molecule has 0 heterocycles. The number of hydrogen-bond donors (Lipinski definition) is 1. The van der Waals surface area contributed by atoms with Crippen molar-refractivity contribution in [3.8, 4) is 0 Å². The number of carboxylic acids is 1. The van der Waals surface area contributed by atoms with Gasteiger partial charge in [-0.1, -0.05) is 13.0 Å². The van der Waals surface area contributed by atoms with Crippen LogP contribution in [0, 0.1) is 5.82 Å². The van der Waals surface area contributed by atoms with Crippen LogP contribution < -0.4 is 0 Å². The molecule has 1 rings (SSSR count). The highest BCUT2D eigenvalue weighted by molar-refractivity contribution is 7.89. The van der Waals surface area contributed by atoms with Crippen molar-refractivity contribution in [2.24, 2.45) is 0 Å². The second kappa shape index (κ2) is 6.12. The summed E-state index contributed by atoms with van der Waals surface area (Å²) in [6.45, 7) is 3.23. The Morgan fingerprint density at radius 1 is 1.47 bits per heavy atom. The molecule has 1 unspecified atom stereocenters. The number of aliphatic carboxylic acids is 1. The molecule has 1 N–H and O–H groups in total. The van der Waals surface area contributed by atoms with E-state index in [9.17, 15) is 17.6 Å². The van der Waals surface area contributed by atoms with Crippen molar-refractivity contribution >= 4 is 16.0 Å². The molecule has 0 aliphatic rings. The number of rotatable bonds is 6. The standard InChI is InChI=1S/C12H16FNO4S/c1-3-14(9(2)7-12(15)16)19(17,18)11-6-4-5-10(13)8-11/h4-6,8-9H,3,7H2,1-2H3,(H,15,16). The predicted octanol–water partition coefficient (Wildman–Crippen LogP) is 1.70. The Morgan fingerprint density at radius 2 is 2.11 bits per heavy atom. The van der Waals surface area contributed by atoms with E-state index in [-0.39, 0.29) is 17.9 Å². The van der Waals surface area contributed by atoms with E-state index < -0.39 is 27.9 Å². The summed E-state index contributed by atoms with van der Waals surface area (Å²) in [5, 5.41) is 8.73. The molecule has 7 heteroatoms. The molecule has 0 amide bonds. The Morgan fingerprint density at radius 3 is 2.58 bits per heavy atom. The van der Waals surface area contributed by atoms with Gasteiger partial charge in [0.1, 0.15) is 5.82 Å². The van der Waals surface area contributed by atoms with Crippen molar-refractivity contribution in [2.75, 3.05) is 6.54 Å². The Hall–Kier alpha value is -1.47. The minimum absolute atomic E-state index is 0.118. The Labute approximate surface area is 111 Å². The van der Waals surface area contributed by atoms with Crippen molar-refractivity contribution in [1.29, 1.82) is 0 Å². The van der Waals surface area contributed by atoms with Gasteiger partial charge in [-0.3, -0.25) is 4.79 Å². The summed E-state index contributed by atoms with van der Waals surface area (Å²) in [5.41, 5.74) is 0. The molecular formula is C12H16FNO4S. The van der Waals surface area contributed by atoms with Crippen LogP contribution in [0.1, 0.15) is 20.3 Å². The molecule has 106 valence electrons. The zero-order valence-corrected chi connectivity index (χ0v) is 11.5. The molecule has 19 heavy (non-hydrogen) atoms. The van der Waals surface area contributed by atoms with Crippen LogP contribution in [0.3, 0.4) is 0 Å². The molecule has 0 radical (unpaired) electrons. The first-order chi connectivity index (χ1) is 8.78. The molecule has 1 atom stereocenters. The average Bonchev–Trinajstić information content (AvgIpc) is 2.28. The van der Waals surface area contributed by atoms with Gasteiger partial charge >= 0.3 is 5.97 Å². The maximum Gasteiger partial charge on any atom is 0.304 e. The van der Waals surface area contributed by atoms with Crippen molar-refractivity contribution < 1.29 is 22.7 Å². The second-order valence-corrected chi connectivity index (χ2v) is 6.00. The molecule has 0 bridgehead atoms. The molecule has 0 aliphatic heterocycles. The van der Waals surface area contributed by atoms with Gasteiger partial charge in [0, 0.05) is 12.6 Å². The summed E-state index contributed by atoms with van der Waals surface area (Å²) in [7, 11) is -3.89. The van der Waals surface area contributed by atoms with Crippen molar-refractivity contribution in [3.63, 3.8) is 0 Å². The van der Waals surface area contributed by atoms with E-state index in [0.29, 0.717) is 0 Å². The third kappa shape index (κ3) is 3.74.